The number of aryl methyl sites for hydroxylation is 2. The molecule has 1 aromatic rings. The molecule has 0 bridgehead atoms. The van der Waals surface area contributed by atoms with Crippen molar-refractivity contribution in [3.05, 3.63) is 17.5 Å². The van der Waals surface area contributed by atoms with Crippen LogP contribution in [0, 0.1) is 19.8 Å². The van der Waals surface area contributed by atoms with Crippen molar-refractivity contribution in [2.75, 3.05) is 18.0 Å². The van der Waals surface area contributed by atoms with Crippen LogP contribution < -0.4 is 10.2 Å². The Hall–Kier alpha value is -1.65. The molecule has 2 rings (SSSR count). The summed E-state index contributed by atoms with van der Waals surface area (Å²) in [5.41, 5.74) is 1.80. The zero-order valence-electron chi connectivity index (χ0n) is 14.4. The fraction of sp³-hybridized carbons (Fsp3) is 0.706. The summed E-state index contributed by atoms with van der Waals surface area (Å²) in [6.07, 6.45) is 2.86. The van der Waals surface area contributed by atoms with E-state index >= 15 is 0 Å². The van der Waals surface area contributed by atoms with E-state index in [1.54, 1.807) is 0 Å². The van der Waals surface area contributed by atoms with E-state index in [1.165, 1.54) is 0 Å². The Balaban J connectivity index is 2.07. The minimum Gasteiger partial charge on any atom is -0.351 e. The third-order valence-corrected chi connectivity index (χ3v) is 4.39. The standard InChI is InChI=1S/C17H28N4O/c1-6-17(4,5)20-15(22)14-8-7-9-21(11-14)16-18-12(2)10-13(3)19-16/h10,14H,6-9,11H2,1-5H3,(H,20,22)/t14-/m1/s1. The number of rotatable bonds is 4. The van der Waals surface area contributed by atoms with E-state index in [2.05, 4.69) is 41.0 Å². The number of carbonyl (C=O) groups excluding carboxylic acids is 1. The largest absolute Gasteiger partial charge is 0.351 e. The van der Waals surface area contributed by atoms with Crippen molar-refractivity contribution in [2.45, 2.75) is 59.4 Å². The molecule has 1 aliphatic rings. The molecule has 22 heavy (non-hydrogen) atoms. The lowest BCUT2D eigenvalue weighted by atomic mass is 9.94. The van der Waals surface area contributed by atoms with Crippen LogP contribution in [0.15, 0.2) is 6.07 Å². The molecule has 5 heteroatoms. The lowest BCUT2D eigenvalue weighted by Crippen LogP contribution is -2.50. The number of nitrogens with zero attached hydrogens (tertiary/aromatic N) is 3. The SMILES string of the molecule is CCC(C)(C)NC(=O)[C@@H]1CCCN(c2nc(C)cc(C)n2)C1. The van der Waals surface area contributed by atoms with Crippen LogP contribution in [0.5, 0.6) is 0 Å². The van der Waals surface area contributed by atoms with Crippen molar-refractivity contribution >= 4 is 11.9 Å². The highest BCUT2D eigenvalue weighted by atomic mass is 16.2. The summed E-state index contributed by atoms with van der Waals surface area (Å²) in [5, 5.41) is 3.16. The topological polar surface area (TPSA) is 58.1 Å². The van der Waals surface area contributed by atoms with Crippen molar-refractivity contribution in [1.29, 1.82) is 0 Å². The highest BCUT2D eigenvalue weighted by Crippen LogP contribution is 2.22. The van der Waals surface area contributed by atoms with Gasteiger partial charge in [-0.2, -0.15) is 0 Å². The smallest absolute Gasteiger partial charge is 0.225 e. The molecule has 122 valence electrons. The van der Waals surface area contributed by atoms with E-state index < -0.39 is 0 Å². The third-order valence-electron chi connectivity index (χ3n) is 4.39. The van der Waals surface area contributed by atoms with Crippen LogP contribution in [0.25, 0.3) is 0 Å². The molecule has 5 nitrogen and oxygen atoms in total. The van der Waals surface area contributed by atoms with Gasteiger partial charge < -0.3 is 10.2 Å². The predicted octanol–water partition coefficient (Wildman–Crippen LogP) is 2.61. The number of hydrogen-bond acceptors (Lipinski definition) is 4. The molecule has 0 unspecified atom stereocenters. The number of nitrogens with one attached hydrogen (secondary N) is 1. The first kappa shape index (κ1) is 16.7. The summed E-state index contributed by atoms with van der Waals surface area (Å²) in [5.74, 6) is 0.926. The number of piperidine rings is 1. The second kappa shape index (κ2) is 6.63. The van der Waals surface area contributed by atoms with E-state index in [4.69, 9.17) is 0 Å². The highest BCUT2D eigenvalue weighted by molar-refractivity contribution is 5.80. The molecule has 0 radical (unpaired) electrons. The second-order valence-electron chi connectivity index (χ2n) is 6.96. The van der Waals surface area contributed by atoms with E-state index in [1.807, 2.05) is 19.9 Å². The van der Waals surface area contributed by atoms with Gasteiger partial charge in [0, 0.05) is 30.0 Å². The van der Waals surface area contributed by atoms with Gasteiger partial charge in [0.1, 0.15) is 0 Å². The summed E-state index contributed by atoms with van der Waals surface area (Å²) >= 11 is 0. The minimum absolute atomic E-state index is 0.0176. The van der Waals surface area contributed by atoms with Gasteiger partial charge in [0.25, 0.3) is 0 Å². The maximum Gasteiger partial charge on any atom is 0.225 e. The molecule has 1 saturated heterocycles. The summed E-state index contributed by atoms with van der Waals surface area (Å²) < 4.78 is 0. The third kappa shape index (κ3) is 4.18. The van der Waals surface area contributed by atoms with Gasteiger partial charge in [-0.05, 0) is 53.0 Å². The number of hydrogen-bond donors (Lipinski definition) is 1. The van der Waals surface area contributed by atoms with Gasteiger partial charge in [-0.15, -0.1) is 0 Å². The molecule has 0 aromatic carbocycles. The average molecular weight is 304 g/mol. The first-order valence-corrected chi connectivity index (χ1v) is 8.20. The van der Waals surface area contributed by atoms with Crippen LogP contribution in [0.1, 0.15) is 51.4 Å². The number of anilines is 1. The maximum absolute atomic E-state index is 12.5. The van der Waals surface area contributed by atoms with E-state index in [0.717, 1.165) is 43.1 Å². The van der Waals surface area contributed by atoms with Gasteiger partial charge >= 0.3 is 0 Å². The van der Waals surface area contributed by atoms with Crippen LogP contribution in [0.4, 0.5) is 5.95 Å². The summed E-state index contributed by atoms with van der Waals surface area (Å²) in [4.78, 5) is 23.7. The molecule has 1 amide bonds. The van der Waals surface area contributed by atoms with Gasteiger partial charge in [-0.3, -0.25) is 4.79 Å². The summed E-state index contributed by atoms with van der Waals surface area (Å²) in [6.45, 7) is 11.8. The molecule has 1 fully saturated rings. The van der Waals surface area contributed by atoms with Crippen molar-refractivity contribution in [3.8, 4) is 0 Å². The second-order valence-corrected chi connectivity index (χ2v) is 6.96. The van der Waals surface area contributed by atoms with Crippen molar-refractivity contribution in [2.24, 2.45) is 5.92 Å². The maximum atomic E-state index is 12.5. The van der Waals surface area contributed by atoms with Crippen LogP contribution in [0.3, 0.4) is 0 Å². The van der Waals surface area contributed by atoms with Gasteiger partial charge in [0.05, 0.1) is 5.92 Å². The molecule has 1 aromatic heterocycles. The average Bonchev–Trinajstić information content (AvgIpc) is 2.46. The number of amides is 1. The Labute approximate surface area is 133 Å². The molecule has 1 atom stereocenters. The van der Waals surface area contributed by atoms with Gasteiger partial charge in [0.15, 0.2) is 0 Å². The minimum atomic E-state index is -0.143. The van der Waals surface area contributed by atoms with Crippen molar-refractivity contribution in [3.63, 3.8) is 0 Å². The molecule has 0 aliphatic carbocycles. The first-order chi connectivity index (χ1) is 10.3. The molecule has 2 heterocycles. The fourth-order valence-corrected chi connectivity index (χ4v) is 2.75. The number of carbonyl (C=O) groups is 1. The Morgan fingerprint density at radius 1 is 1.36 bits per heavy atom. The molecule has 1 N–H and O–H groups in total. The van der Waals surface area contributed by atoms with Gasteiger partial charge in [0.2, 0.25) is 11.9 Å². The van der Waals surface area contributed by atoms with E-state index in [-0.39, 0.29) is 17.4 Å². The molecule has 1 aliphatic heterocycles. The van der Waals surface area contributed by atoms with Crippen molar-refractivity contribution in [1.82, 2.24) is 15.3 Å². The molecule has 0 saturated carbocycles. The Kier molecular flexibility index (Phi) is 5.04. The summed E-state index contributed by atoms with van der Waals surface area (Å²) in [7, 11) is 0. The normalized spacial score (nSPS) is 19.1. The zero-order chi connectivity index (χ0) is 16.3. The van der Waals surface area contributed by atoms with Crippen LogP contribution in [-0.2, 0) is 4.79 Å². The lowest BCUT2D eigenvalue weighted by molar-refractivity contribution is -0.126. The Morgan fingerprint density at radius 3 is 2.59 bits per heavy atom. The van der Waals surface area contributed by atoms with Crippen molar-refractivity contribution < 1.29 is 4.79 Å². The van der Waals surface area contributed by atoms with Gasteiger partial charge in [-0.1, -0.05) is 6.92 Å². The highest BCUT2D eigenvalue weighted by Gasteiger charge is 2.30. The predicted molar refractivity (Wildman–Crippen MR) is 89.0 cm³/mol. The van der Waals surface area contributed by atoms with E-state index in [9.17, 15) is 4.79 Å². The number of aromatic nitrogens is 2. The molecular formula is C17H28N4O. The zero-order valence-corrected chi connectivity index (χ0v) is 14.4. The quantitative estimate of drug-likeness (QED) is 0.929. The lowest BCUT2D eigenvalue weighted by Gasteiger charge is -2.34. The Bertz CT molecular complexity index is 521. The molecular weight excluding hydrogens is 276 g/mol. The Morgan fingerprint density at radius 2 is 2.00 bits per heavy atom. The van der Waals surface area contributed by atoms with Gasteiger partial charge in [-0.25, -0.2) is 9.97 Å². The summed E-state index contributed by atoms with van der Waals surface area (Å²) in [6, 6.07) is 1.97. The van der Waals surface area contributed by atoms with Crippen LogP contribution >= 0.6 is 0 Å². The molecule has 0 spiro atoms. The monoisotopic (exact) mass is 304 g/mol. The van der Waals surface area contributed by atoms with E-state index in [0.29, 0.717) is 6.54 Å². The first-order valence-electron chi connectivity index (χ1n) is 8.20. The fourth-order valence-electron chi connectivity index (χ4n) is 2.75. The van der Waals surface area contributed by atoms with Crippen LogP contribution in [-0.4, -0.2) is 34.5 Å². The van der Waals surface area contributed by atoms with Crippen LogP contribution in [0.2, 0.25) is 0 Å².